The van der Waals surface area contributed by atoms with Crippen molar-refractivity contribution in [1.82, 2.24) is 14.5 Å². The van der Waals surface area contributed by atoms with E-state index in [2.05, 4.69) is 89.6 Å². The number of aromatic nitrogens is 3. The summed E-state index contributed by atoms with van der Waals surface area (Å²) in [5.74, 6) is 1.02. The van der Waals surface area contributed by atoms with Crippen molar-refractivity contribution in [2.45, 2.75) is 12.8 Å². The number of rotatable bonds is 4. The highest BCUT2D eigenvalue weighted by Crippen LogP contribution is 2.42. The summed E-state index contributed by atoms with van der Waals surface area (Å²) in [6.45, 7) is 0. The maximum Gasteiger partial charge on any atom is 0.146 e. The third kappa shape index (κ3) is 4.37. The van der Waals surface area contributed by atoms with Crippen LogP contribution >= 0.6 is 0 Å². The maximum atomic E-state index is 10.9. The van der Waals surface area contributed by atoms with Gasteiger partial charge in [-0.2, -0.15) is 0 Å². The molecular formula is C46H29N3O3. The number of aryl methyl sites for hydroxylation is 2. The fraction of sp³-hybridized carbons (Fsp3) is 0.0435. The van der Waals surface area contributed by atoms with Crippen molar-refractivity contribution in [3.05, 3.63) is 157 Å². The first kappa shape index (κ1) is 28.9. The number of fused-ring (bicyclic) bond motifs is 9. The number of para-hydroxylation sites is 1. The Morgan fingerprint density at radius 3 is 2.25 bits per heavy atom. The second-order valence-electron chi connectivity index (χ2n) is 13.5. The van der Waals surface area contributed by atoms with Crippen molar-refractivity contribution in [3.63, 3.8) is 0 Å². The van der Waals surface area contributed by atoms with Gasteiger partial charge in [-0.1, -0.05) is 84.9 Å². The van der Waals surface area contributed by atoms with Crippen LogP contribution in [0.5, 0.6) is 5.75 Å². The van der Waals surface area contributed by atoms with E-state index in [1.165, 1.54) is 0 Å². The minimum absolute atomic E-state index is 0.253. The topological polar surface area (TPSA) is 77.2 Å². The predicted octanol–water partition coefficient (Wildman–Crippen LogP) is 11.5. The second-order valence-corrected chi connectivity index (χ2v) is 13.5. The summed E-state index contributed by atoms with van der Waals surface area (Å²) in [5, 5.41) is 15.1. The Hall–Kier alpha value is -6.92. The summed E-state index contributed by atoms with van der Waals surface area (Å²) >= 11 is 0. The lowest BCUT2D eigenvalue weighted by atomic mass is 9.88. The smallest absolute Gasteiger partial charge is 0.146 e. The van der Waals surface area contributed by atoms with Gasteiger partial charge in [0.15, 0.2) is 0 Å². The van der Waals surface area contributed by atoms with Crippen LogP contribution in [0.1, 0.15) is 11.1 Å². The van der Waals surface area contributed by atoms with Gasteiger partial charge in [-0.25, -0.2) is 9.97 Å². The van der Waals surface area contributed by atoms with Gasteiger partial charge in [0.1, 0.15) is 39.6 Å². The number of aromatic hydroxyl groups is 1. The van der Waals surface area contributed by atoms with Gasteiger partial charge in [0.2, 0.25) is 0 Å². The first-order valence-electron chi connectivity index (χ1n) is 17.5. The molecule has 0 aliphatic heterocycles. The normalized spacial score (nSPS) is 12.5. The zero-order chi connectivity index (χ0) is 34.3. The van der Waals surface area contributed by atoms with Gasteiger partial charge in [-0.05, 0) is 89.7 Å². The lowest BCUT2D eigenvalue weighted by molar-refractivity contribution is 0.476. The molecule has 0 bridgehead atoms. The van der Waals surface area contributed by atoms with Crippen LogP contribution in [0.25, 0.3) is 94.7 Å². The third-order valence-corrected chi connectivity index (χ3v) is 10.5. The van der Waals surface area contributed by atoms with E-state index < -0.39 is 0 Å². The maximum absolute atomic E-state index is 10.9. The van der Waals surface area contributed by atoms with Crippen molar-refractivity contribution >= 4 is 43.9 Å². The number of hydrogen-bond acceptors (Lipinski definition) is 5. The van der Waals surface area contributed by atoms with E-state index in [-0.39, 0.29) is 5.75 Å². The van der Waals surface area contributed by atoms with E-state index >= 15 is 0 Å². The Bertz CT molecular complexity index is 3040. The van der Waals surface area contributed by atoms with E-state index in [9.17, 15) is 5.11 Å². The highest BCUT2D eigenvalue weighted by atomic mass is 16.3. The fourth-order valence-corrected chi connectivity index (χ4v) is 7.96. The molecule has 11 rings (SSSR count). The number of hydrogen-bond donors (Lipinski definition) is 1. The molecule has 52 heavy (non-hydrogen) atoms. The number of furan rings is 2. The molecule has 6 nitrogen and oxygen atoms in total. The van der Waals surface area contributed by atoms with E-state index in [1.807, 2.05) is 54.6 Å². The zero-order valence-corrected chi connectivity index (χ0v) is 27.9. The Kier molecular flexibility index (Phi) is 6.13. The number of benzene rings is 6. The minimum atomic E-state index is 0.253. The van der Waals surface area contributed by atoms with Crippen LogP contribution in [0.2, 0.25) is 0 Å². The lowest BCUT2D eigenvalue weighted by Crippen LogP contribution is -2.06. The Balaban J connectivity index is 1.16. The zero-order valence-electron chi connectivity index (χ0n) is 27.9. The van der Waals surface area contributed by atoms with Crippen LogP contribution in [0.15, 0.2) is 155 Å². The molecule has 1 aliphatic rings. The van der Waals surface area contributed by atoms with Crippen LogP contribution < -0.4 is 0 Å². The molecule has 0 saturated carbocycles. The molecule has 0 radical (unpaired) electrons. The molecule has 1 aliphatic carbocycles. The average Bonchev–Trinajstić information content (AvgIpc) is 3.91. The molecule has 0 atom stereocenters. The van der Waals surface area contributed by atoms with Gasteiger partial charge in [0, 0.05) is 44.6 Å². The molecular weight excluding hydrogens is 643 g/mol. The number of imidazole rings is 1. The Morgan fingerprint density at radius 2 is 1.31 bits per heavy atom. The number of phenolic OH excluding ortho intramolecular Hbond substituents is 1. The van der Waals surface area contributed by atoms with Gasteiger partial charge in [-0.15, -0.1) is 0 Å². The number of nitrogens with zero attached hydrogens (tertiary/aromatic N) is 3. The van der Waals surface area contributed by atoms with Crippen LogP contribution in [0, 0.1) is 0 Å². The van der Waals surface area contributed by atoms with Crippen molar-refractivity contribution in [2.75, 3.05) is 0 Å². The number of pyridine rings is 1. The minimum Gasteiger partial charge on any atom is -0.507 e. The van der Waals surface area contributed by atoms with Crippen molar-refractivity contribution in [1.29, 1.82) is 0 Å². The first-order valence-corrected chi connectivity index (χ1v) is 17.5. The largest absolute Gasteiger partial charge is 0.507 e. The molecule has 246 valence electrons. The molecule has 4 heterocycles. The molecule has 0 unspecified atom stereocenters. The SMILES string of the molecule is Oc1cccc2c1-c1nc(-c3cn(-c4ccc5oc6ccccc6c5c4)c(-c4cccc5oc6ccc(-c7ccccc7)cc6c45)n3)ccc1CC2. The van der Waals surface area contributed by atoms with Gasteiger partial charge in [0.25, 0.3) is 0 Å². The van der Waals surface area contributed by atoms with Crippen molar-refractivity contribution in [2.24, 2.45) is 0 Å². The summed E-state index contributed by atoms with van der Waals surface area (Å²) in [6, 6.07) is 47.3. The van der Waals surface area contributed by atoms with E-state index in [1.54, 1.807) is 6.07 Å². The molecule has 0 fully saturated rings. The number of phenols is 1. The van der Waals surface area contributed by atoms with E-state index in [0.717, 1.165) is 119 Å². The average molecular weight is 672 g/mol. The predicted molar refractivity (Wildman–Crippen MR) is 207 cm³/mol. The fourth-order valence-electron chi connectivity index (χ4n) is 7.96. The molecule has 1 N–H and O–H groups in total. The summed E-state index contributed by atoms with van der Waals surface area (Å²) in [7, 11) is 0. The van der Waals surface area contributed by atoms with Crippen molar-refractivity contribution < 1.29 is 13.9 Å². The van der Waals surface area contributed by atoms with Crippen LogP contribution in [-0.2, 0) is 12.8 Å². The van der Waals surface area contributed by atoms with E-state index in [4.69, 9.17) is 18.8 Å². The summed E-state index contributed by atoms with van der Waals surface area (Å²) in [4.78, 5) is 10.6. The monoisotopic (exact) mass is 671 g/mol. The molecule has 6 heteroatoms. The standard InChI is InChI=1S/C46H29N3O3/c50-38-13-6-10-28-16-17-29-18-21-36(47-45(29)43(28)38)37-26-49(31-20-23-40-34(25-31)32-11-4-5-14-39(32)51-40)46(48-37)33-12-7-15-42-44(33)35-24-30(19-22-41(35)52-42)27-8-2-1-3-9-27/h1-15,18-26,50H,16-17H2. The Labute approximate surface area is 297 Å². The summed E-state index contributed by atoms with van der Waals surface area (Å²) < 4.78 is 14.8. The van der Waals surface area contributed by atoms with Gasteiger partial charge in [-0.3, -0.25) is 4.57 Å². The van der Waals surface area contributed by atoms with Gasteiger partial charge in [0.05, 0.1) is 11.4 Å². The molecule has 6 aromatic carbocycles. The van der Waals surface area contributed by atoms with E-state index in [0.29, 0.717) is 0 Å². The Morgan fingerprint density at radius 1 is 0.538 bits per heavy atom. The highest BCUT2D eigenvalue weighted by molar-refractivity contribution is 6.13. The molecule has 0 spiro atoms. The summed E-state index contributed by atoms with van der Waals surface area (Å²) in [6.07, 6.45) is 3.81. The molecule has 10 aromatic rings. The van der Waals surface area contributed by atoms with Crippen LogP contribution in [0.4, 0.5) is 0 Å². The van der Waals surface area contributed by atoms with Crippen molar-refractivity contribution in [3.8, 4) is 56.6 Å². The first-order chi connectivity index (χ1) is 25.7. The second kappa shape index (κ2) is 11.0. The lowest BCUT2D eigenvalue weighted by Gasteiger charge is -2.20. The van der Waals surface area contributed by atoms with Gasteiger partial charge < -0.3 is 13.9 Å². The van der Waals surface area contributed by atoms with Crippen LogP contribution in [0.3, 0.4) is 0 Å². The quantitative estimate of drug-likeness (QED) is 0.201. The highest BCUT2D eigenvalue weighted by Gasteiger charge is 2.24. The van der Waals surface area contributed by atoms with Gasteiger partial charge >= 0.3 is 0 Å². The molecule has 4 aromatic heterocycles. The molecule has 0 saturated heterocycles. The third-order valence-electron chi connectivity index (χ3n) is 10.5. The van der Waals surface area contributed by atoms with Crippen LogP contribution in [-0.4, -0.2) is 19.6 Å². The molecule has 0 amide bonds. The summed E-state index contributed by atoms with van der Waals surface area (Å²) in [5.41, 5.74) is 12.8.